The van der Waals surface area contributed by atoms with E-state index in [0.29, 0.717) is 11.0 Å². The number of aromatic amines is 1. The minimum absolute atomic E-state index is 0.155. The van der Waals surface area contributed by atoms with Crippen LogP contribution in [-0.2, 0) is 10.1 Å². The summed E-state index contributed by atoms with van der Waals surface area (Å²) in [5.41, 5.74) is 0.859. The Bertz CT molecular complexity index is 672. The second kappa shape index (κ2) is 3.39. The third kappa shape index (κ3) is 1.82. The molecule has 0 aliphatic heterocycles. The number of ketones is 1. The summed E-state index contributed by atoms with van der Waals surface area (Å²) in [6, 6.07) is 3.87. The topological polar surface area (TPSA) is 100 Å². The molecule has 0 aliphatic carbocycles. The highest BCUT2D eigenvalue weighted by Crippen LogP contribution is 2.17. The number of fused-ring (bicyclic) bond motifs is 1. The van der Waals surface area contributed by atoms with Gasteiger partial charge < -0.3 is 4.98 Å². The largest absolute Gasteiger partial charge is 0.335 e. The quantitative estimate of drug-likeness (QED) is 0.602. The molecule has 0 unspecified atom stereocenters. The zero-order valence-corrected chi connectivity index (χ0v) is 9.08. The molecule has 0 spiro atoms. The van der Waals surface area contributed by atoms with E-state index >= 15 is 0 Å². The fraction of sp³-hybridized carbons (Fsp3) is 0.111. The standard InChI is InChI=1S/C9H8N2O4S/c1-5(12)9-10-7-3-2-6(16(13,14)15)4-8(7)11-9/h2-4H,1H3,(H,10,11)(H,13,14,15). The van der Waals surface area contributed by atoms with Crippen LogP contribution in [0.4, 0.5) is 0 Å². The van der Waals surface area contributed by atoms with Gasteiger partial charge in [-0.05, 0) is 18.2 Å². The molecule has 0 aliphatic rings. The number of imidazole rings is 1. The number of benzene rings is 1. The molecule has 0 fully saturated rings. The van der Waals surface area contributed by atoms with E-state index < -0.39 is 10.1 Å². The Labute approximate surface area is 91.1 Å². The van der Waals surface area contributed by atoms with E-state index in [2.05, 4.69) is 9.97 Å². The molecular formula is C9H8N2O4S. The number of nitrogens with one attached hydrogen (secondary N) is 1. The smallest absolute Gasteiger partial charge is 0.294 e. The zero-order chi connectivity index (χ0) is 11.9. The molecular weight excluding hydrogens is 232 g/mol. The summed E-state index contributed by atoms with van der Waals surface area (Å²) in [5.74, 6) is -0.0907. The predicted octanol–water partition coefficient (Wildman–Crippen LogP) is 1.01. The highest BCUT2D eigenvalue weighted by Gasteiger charge is 2.12. The summed E-state index contributed by atoms with van der Waals surface area (Å²) in [4.78, 5) is 17.4. The van der Waals surface area contributed by atoms with Crippen LogP contribution < -0.4 is 0 Å². The van der Waals surface area contributed by atoms with E-state index in [9.17, 15) is 13.2 Å². The third-order valence-corrected chi connectivity index (χ3v) is 2.93. The van der Waals surface area contributed by atoms with Crippen LogP contribution in [0.2, 0.25) is 0 Å². The first kappa shape index (κ1) is 10.8. The van der Waals surface area contributed by atoms with Gasteiger partial charge >= 0.3 is 0 Å². The van der Waals surface area contributed by atoms with Crippen molar-refractivity contribution < 1.29 is 17.8 Å². The number of aromatic nitrogens is 2. The van der Waals surface area contributed by atoms with E-state index in [0.717, 1.165) is 0 Å². The number of H-pyrrole nitrogens is 1. The van der Waals surface area contributed by atoms with Crippen molar-refractivity contribution >= 4 is 26.9 Å². The molecule has 0 atom stereocenters. The molecule has 0 saturated heterocycles. The lowest BCUT2D eigenvalue weighted by Gasteiger charge is -1.95. The van der Waals surface area contributed by atoms with Gasteiger partial charge in [-0.25, -0.2) is 4.98 Å². The Morgan fingerprint density at radius 3 is 2.69 bits per heavy atom. The van der Waals surface area contributed by atoms with Gasteiger partial charge in [0.2, 0.25) is 0 Å². The van der Waals surface area contributed by atoms with Crippen LogP contribution in [0, 0.1) is 0 Å². The molecule has 6 nitrogen and oxygen atoms in total. The van der Waals surface area contributed by atoms with Crippen LogP contribution in [-0.4, -0.2) is 28.7 Å². The van der Waals surface area contributed by atoms with Gasteiger partial charge in [-0.3, -0.25) is 9.35 Å². The fourth-order valence-electron chi connectivity index (χ4n) is 1.32. The molecule has 2 N–H and O–H groups in total. The number of rotatable bonds is 2. The molecule has 2 aromatic rings. The maximum Gasteiger partial charge on any atom is 0.294 e. The molecule has 1 heterocycles. The van der Waals surface area contributed by atoms with Crippen LogP contribution in [0.25, 0.3) is 11.0 Å². The van der Waals surface area contributed by atoms with Gasteiger partial charge in [-0.2, -0.15) is 8.42 Å². The van der Waals surface area contributed by atoms with Gasteiger partial charge in [0.25, 0.3) is 10.1 Å². The highest BCUT2D eigenvalue weighted by molar-refractivity contribution is 7.85. The summed E-state index contributed by atoms with van der Waals surface area (Å²) in [7, 11) is -4.24. The number of carbonyl (C=O) groups excluding carboxylic acids is 1. The summed E-state index contributed by atoms with van der Waals surface area (Å²) in [6.45, 7) is 1.35. The van der Waals surface area contributed by atoms with E-state index in [1.165, 1.54) is 25.1 Å². The molecule has 0 radical (unpaired) electrons. The van der Waals surface area contributed by atoms with Crippen LogP contribution in [0.15, 0.2) is 23.1 Å². The van der Waals surface area contributed by atoms with Gasteiger partial charge in [-0.1, -0.05) is 0 Å². The Kier molecular flexibility index (Phi) is 2.28. The second-order valence-corrected chi connectivity index (χ2v) is 4.72. The van der Waals surface area contributed by atoms with Crippen molar-refractivity contribution in [2.24, 2.45) is 0 Å². The van der Waals surface area contributed by atoms with Crippen molar-refractivity contribution in [2.75, 3.05) is 0 Å². The lowest BCUT2D eigenvalue weighted by molar-refractivity contribution is 0.100. The van der Waals surface area contributed by atoms with Gasteiger partial charge in [0.1, 0.15) is 0 Å². The number of carbonyl (C=O) groups is 1. The molecule has 7 heteroatoms. The molecule has 2 rings (SSSR count). The molecule has 16 heavy (non-hydrogen) atoms. The average molecular weight is 240 g/mol. The second-order valence-electron chi connectivity index (χ2n) is 3.30. The van der Waals surface area contributed by atoms with Crippen molar-refractivity contribution in [2.45, 2.75) is 11.8 Å². The minimum Gasteiger partial charge on any atom is -0.335 e. The summed E-state index contributed by atoms with van der Waals surface area (Å²) < 4.78 is 30.6. The number of hydrogen-bond donors (Lipinski definition) is 2. The van der Waals surface area contributed by atoms with E-state index in [-0.39, 0.29) is 16.5 Å². The predicted molar refractivity (Wildman–Crippen MR) is 55.9 cm³/mol. The molecule has 1 aromatic carbocycles. The van der Waals surface area contributed by atoms with Crippen LogP contribution >= 0.6 is 0 Å². The minimum atomic E-state index is -4.24. The Morgan fingerprint density at radius 1 is 1.44 bits per heavy atom. The third-order valence-electron chi connectivity index (χ3n) is 2.08. The van der Waals surface area contributed by atoms with Crippen molar-refractivity contribution in [3.8, 4) is 0 Å². The summed E-state index contributed by atoms with van der Waals surface area (Å²) in [6.07, 6.45) is 0. The first-order valence-corrected chi connectivity index (χ1v) is 5.80. The van der Waals surface area contributed by atoms with Gasteiger partial charge in [0.05, 0.1) is 15.9 Å². The summed E-state index contributed by atoms with van der Waals surface area (Å²) >= 11 is 0. The average Bonchev–Trinajstić information content (AvgIpc) is 2.58. The van der Waals surface area contributed by atoms with Crippen LogP contribution in [0.3, 0.4) is 0 Å². The Balaban J connectivity index is 2.67. The van der Waals surface area contributed by atoms with Crippen molar-refractivity contribution in [3.63, 3.8) is 0 Å². The monoisotopic (exact) mass is 240 g/mol. The maximum atomic E-state index is 11.0. The van der Waals surface area contributed by atoms with Gasteiger partial charge in [0, 0.05) is 6.92 Å². The molecule has 84 valence electrons. The highest BCUT2D eigenvalue weighted by atomic mass is 32.2. The first-order chi connectivity index (χ1) is 7.38. The van der Waals surface area contributed by atoms with Crippen molar-refractivity contribution in [1.82, 2.24) is 9.97 Å². The van der Waals surface area contributed by atoms with E-state index in [1.807, 2.05) is 0 Å². The van der Waals surface area contributed by atoms with Crippen molar-refractivity contribution in [1.29, 1.82) is 0 Å². The number of Topliss-reactive ketones (excluding diaryl/α,β-unsaturated/α-hetero) is 1. The van der Waals surface area contributed by atoms with E-state index in [1.54, 1.807) is 0 Å². The molecule has 1 aromatic heterocycles. The molecule has 0 saturated carbocycles. The molecule has 0 bridgehead atoms. The lowest BCUT2D eigenvalue weighted by Crippen LogP contribution is -1.97. The Morgan fingerprint density at radius 2 is 2.12 bits per heavy atom. The SMILES string of the molecule is CC(=O)c1nc2ccc(S(=O)(=O)O)cc2[nH]1. The first-order valence-electron chi connectivity index (χ1n) is 4.36. The maximum absolute atomic E-state index is 11.0. The normalized spacial score (nSPS) is 11.9. The van der Waals surface area contributed by atoms with Gasteiger partial charge in [0.15, 0.2) is 11.6 Å². The van der Waals surface area contributed by atoms with Crippen LogP contribution in [0.1, 0.15) is 17.5 Å². The van der Waals surface area contributed by atoms with E-state index in [4.69, 9.17) is 4.55 Å². The number of hydrogen-bond acceptors (Lipinski definition) is 4. The number of nitrogens with zero attached hydrogens (tertiary/aromatic N) is 1. The van der Waals surface area contributed by atoms with Crippen molar-refractivity contribution in [3.05, 3.63) is 24.0 Å². The molecule has 0 amide bonds. The lowest BCUT2D eigenvalue weighted by atomic mass is 10.3. The van der Waals surface area contributed by atoms with Gasteiger partial charge in [-0.15, -0.1) is 0 Å². The summed E-state index contributed by atoms with van der Waals surface area (Å²) in [5, 5.41) is 0. The van der Waals surface area contributed by atoms with Crippen LogP contribution in [0.5, 0.6) is 0 Å². The fourth-order valence-corrected chi connectivity index (χ4v) is 1.82. The zero-order valence-electron chi connectivity index (χ0n) is 8.26. The Hall–Kier alpha value is -1.73.